The molecule has 32 heavy (non-hydrogen) atoms. The molecule has 3 rings (SSSR count). The van der Waals surface area contributed by atoms with Crippen molar-refractivity contribution in [1.82, 2.24) is 5.43 Å². The van der Waals surface area contributed by atoms with Gasteiger partial charge in [-0.25, -0.2) is 5.43 Å². The molecular formula is C27H27N3O2. The highest BCUT2D eigenvalue weighted by Crippen LogP contribution is 2.11. The predicted molar refractivity (Wildman–Crippen MR) is 131 cm³/mol. The number of carbonyl (C=O) groups excluding carboxylic acids is 2. The fraction of sp³-hybridized carbons (Fsp3) is 0.148. The Balaban J connectivity index is 1.70. The van der Waals surface area contributed by atoms with Crippen LogP contribution >= 0.6 is 0 Å². The molecule has 0 saturated carbocycles. The van der Waals surface area contributed by atoms with E-state index >= 15 is 0 Å². The second-order valence-electron chi connectivity index (χ2n) is 7.28. The Morgan fingerprint density at radius 1 is 0.844 bits per heavy atom. The third-order valence-corrected chi connectivity index (χ3v) is 4.77. The summed E-state index contributed by atoms with van der Waals surface area (Å²) in [6.07, 6.45) is 6.14. The third kappa shape index (κ3) is 7.06. The van der Waals surface area contributed by atoms with E-state index in [1.807, 2.05) is 79.7 Å². The third-order valence-electron chi connectivity index (χ3n) is 4.77. The van der Waals surface area contributed by atoms with E-state index in [-0.39, 0.29) is 11.8 Å². The lowest BCUT2D eigenvalue weighted by Gasteiger charge is -2.07. The number of benzene rings is 3. The van der Waals surface area contributed by atoms with E-state index in [1.54, 1.807) is 24.3 Å². The van der Waals surface area contributed by atoms with E-state index in [0.717, 1.165) is 24.0 Å². The number of allylic oxidation sites excluding steroid dienone is 1. The Hall–Kier alpha value is -3.99. The van der Waals surface area contributed by atoms with Crippen LogP contribution in [0.3, 0.4) is 0 Å². The van der Waals surface area contributed by atoms with Gasteiger partial charge in [0.25, 0.3) is 5.91 Å². The van der Waals surface area contributed by atoms with Gasteiger partial charge < -0.3 is 5.32 Å². The number of amides is 2. The van der Waals surface area contributed by atoms with Crippen LogP contribution in [-0.2, 0) is 4.79 Å². The Morgan fingerprint density at radius 3 is 2.16 bits per heavy atom. The first-order chi connectivity index (χ1) is 15.7. The topological polar surface area (TPSA) is 70.6 Å². The average molecular weight is 426 g/mol. The zero-order valence-electron chi connectivity index (χ0n) is 18.1. The molecule has 0 spiro atoms. The molecule has 0 aliphatic heterocycles. The van der Waals surface area contributed by atoms with Crippen LogP contribution in [0.5, 0.6) is 0 Å². The molecule has 0 aliphatic carbocycles. The van der Waals surface area contributed by atoms with Gasteiger partial charge in [-0.15, -0.1) is 0 Å². The number of nitrogens with zero attached hydrogens (tertiary/aromatic N) is 1. The van der Waals surface area contributed by atoms with Gasteiger partial charge in [0.2, 0.25) is 5.91 Å². The molecule has 2 amide bonds. The molecule has 162 valence electrons. The van der Waals surface area contributed by atoms with E-state index in [1.165, 1.54) is 0 Å². The number of carbonyl (C=O) groups is 2. The predicted octanol–water partition coefficient (Wildman–Crippen LogP) is 5.66. The van der Waals surface area contributed by atoms with Crippen molar-refractivity contribution in [1.29, 1.82) is 0 Å². The maximum atomic E-state index is 12.6. The van der Waals surface area contributed by atoms with Crippen LogP contribution in [0.25, 0.3) is 6.08 Å². The molecule has 0 atom stereocenters. The van der Waals surface area contributed by atoms with Crippen LogP contribution in [0.2, 0.25) is 0 Å². The Labute approximate surface area is 188 Å². The molecule has 0 aromatic heterocycles. The number of unbranched alkanes of at least 4 members (excludes halogenated alkanes) is 1. The number of rotatable bonds is 9. The summed E-state index contributed by atoms with van der Waals surface area (Å²) in [6.45, 7) is 2.05. The standard InChI is InChI=1S/C27H27N3O2/c1-2-3-14-26(31)28-24-18-16-23(17-19-24)27(32)30-29-25(22-12-8-5-9-13-22)20-15-21-10-6-4-7-11-21/h4-13,15-20H,2-3,14H2,1H3,(H,28,31)(H,30,32). The molecule has 0 heterocycles. The van der Waals surface area contributed by atoms with Gasteiger partial charge >= 0.3 is 0 Å². The van der Waals surface area contributed by atoms with Crippen LogP contribution in [-0.4, -0.2) is 17.5 Å². The van der Waals surface area contributed by atoms with Gasteiger partial charge in [0.1, 0.15) is 0 Å². The van der Waals surface area contributed by atoms with Crippen molar-refractivity contribution in [2.24, 2.45) is 5.10 Å². The zero-order valence-corrected chi connectivity index (χ0v) is 18.1. The Morgan fingerprint density at radius 2 is 1.50 bits per heavy atom. The number of anilines is 1. The molecule has 0 unspecified atom stereocenters. The van der Waals surface area contributed by atoms with Gasteiger partial charge in [0, 0.05) is 23.2 Å². The van der Waals surface area contributed by atoms with Crippen molar-refractivity contribution in [2.75, 3.05) is 5.32 Å². The number of nitrogens with one attached hydrogen (secondary N) is 2. The van der Waals surface area contributed by atoms with Crippen molar-refractivity contribution in [3.8, 4) is 0 Å². The Kier molecular flexibility index (Phi) is 8.51. The summed E-state index contributed by atoms with van der Waals surface area (Å²) in [5.74, 6) is -0.346. The second kappa shape index (κ2) is 12.0. The van der Waals surface area contributed by atoms with E-state index in [0.29, 0.717) is 23.4 Å². The van der Waals surface area contributed by atoms with Gasteiger partial charge in [-0.3, -0.25) is 9.59 Å². The minimum Gasteiger partial charge on any atom is -0.326 e. The lowest BCUT2D eigenvalue weighted by molar-refractivity contribution is -0.116. The molecule has 5 nitrogen and oxygen atoms in total. The maximum absolute atomic E-state index is 12.6. The van der Waals surface area contributed by atoms with E-state index < -0.39 is 0 Å². The molecule has 0 saturated heterocycles. The van der Waals surface area contributed by atoms with Gasteiger partial charge in [-0.05, 0) is 42.3 Å². The second-order valence-corrected chi connectivity index (χ2v) is 7.28. The maximum Gasteiger partial charge on any atom is 0.271 e. The lowest BCUT2D eigenvalue weighted by atomic mass is 10.1. The van der Waals surface area contributed by atoms with Crippen molar-refractivity contribution in [2.45, 2.75) is 26.2 Å². The van der Waals surface area contributed by atoms with Gasteiger partial charge in [-0.1, -0.05) is 80.1 Å². The summed E-state index contributed by atoms with van der Waals surface area (Å²) in [6, 6.07) is 26.3. The molecule has 3 aromatic carbocycles. The first-order valence-electron chi connectivity index (χ1n) is 10.7. The van der Waals surface area contributed by atoms with Gasteiger partial charge in [0.05, 0.1) is 5.71 Å². The van der Waals surface area contributed by atoms with Crippen molar-refractivity contribution in [3.05, 3.63) is 108 Å². The van der Waals surface area contributed by atoms with Gasteiger partial charge in [0.15, 0.2) is 0 Å². The van der Waals surface area contributed by atoms with E-state index in [9.17, 15) is 9.59 Å². The van der Waals surface area contributed by atoms with Gasteiger partial charge in [-0.2, -0.15) is 5.10 Å². The number of hydrogen-bond donors (Lipinski definition) is 2. The minimum atomic E-state index is -0.324. The molecule has 0 aliphatic rings. The molecule has 0 radical (unpaired) electrons. The van der Waals surface area contributed by atoms with Crippen LogP contribution in [0.1, 0.15) is 47.7 Å². The molecule has 3 aromatic rings. The van der Waals surface area contributed by atoms with Crippen LogP contribution in [0.4, 0.5) is 5.69 Å². The fourth-order valence-corrected chi connectivity index (χ4v) is 2.99. The first-order valence-corrected chi connectivity index (χ1v) is 10.7. The largest absolute Gasteiger partial charge is 0.326 e. The SMILES string of the molecule is CCCCC(=O)Nc1ccc(C(=O)NN=C(C=Cc2ccccc2)c2ccccc2)cc1. The minimum absolute atomic E-state index is 0.0219. The van der Waals surface area contributed by atoms with E-state index in [2.05, 4.69) is 15.8 Å². The smallest absolute Gasteiger partial charge is 0.271 e. The summed E-state index contributed by atoms with van der Waals surface area (Å²) < 4.78 is 0. The molecule has 0 fully saturated rings. The summed E-state index contributed by atoms with van der Waals surface area (Å²) in [7, 11) is 0. The molecule has 2 N–H and O–H groups in total. The highest BCUT2D eigenvalue weighted by Gasteiger charge is 2.07. The highest BCUT2D eigenvalue weighted by atomic mass is 16.2. The molecule has 5 heteroatoms. The van der Waals surface area contributed by atoms with Crippen molar-refractivity contribution >= 4 is 29.3 Å². The molecule has 0 bridgehead atoms. The van der Waals surface area contributed by atoms with Crippen LogP contribution < -0.4 is 10.7 Å². The summed E-state index contributed by atoms with van der Waals surface area (Å²) >= 11 is 0. The van der Waals surface area contributed by atoms with Crippen LogP contribution in [0.15, 0.2) is 96.1 Å². The summed E-state index contributed by atoms with van der Waals surface area (Å²) in [5, 5.41) is 7.19. The van der Waals surface area contributed by atoms with Crippen molar-refractivity contribution < 1.29 is 9.59 Å². The van der Waals surface area contributed by atoms with E-state index in [4.69, 9.17) is 0 Å². The fourth-order valence-electron chi connectivity index (χ4n) is 2.99. The number of hydrazone groups is 1. The normalized spacial score (nSPS) is 11.3. The van der Waals surface area contributed by atoms with Crippen LogP contribution in [0, 0.1) is 0 Å². The first kappa shape index (κ1) is 22.7. The highest BCUT2D eigenvalue weighted by molar-refractivity contribution is 6.11. The van der Waals surface area contributed by atoms with Crippen molar-refractivity contribution in [3.63, 3.8) is 0 Å². The Bertz CT molecular complexity index is 1070. The summed E-state index contributed by atoms with van der Waals surface area (Å²) in [4.78, 5) is 24.5. The quantitative estimate of drug-likeness (QED) is 0.343. The number of hydrogen-bond acceptors (Lipinski definition) is 3. The average Bonchev–Trinajstić information content (AvgIpc) is 2.84. The molecular weight excluding hydrogens is 398 g/mol. The monoisotopic (exact) mass is 425 g/mol. The zero-order chi connectivity index (χ0) is 22.6. The summed E-state index contributed by atoms with van der Waals surface area (Å²) in [5.41, 5.74) is 6.33. The lowest BCUT2D eigenvalue weighted by Crippen LogP contribution is -2.19.